The van der Waals surface area contributed by atoms with Gasteiger partial charge in [-0.2, -0.15) is 5.26 Å². The Balaban J connectivity index is 2.10. The lowest BCUT2D eigenvalue weighted by Gasteiger charge is -2.32. The summed E-state index contributed by atoms with van der Waals surface area (Å²) < 4.78 is 13.8. The lowest BCUT2D eigenvalue weighted by Crippen LogP contribution is -2.40. The van der Waals surface area contributed by atoms with Crippen molar-refractivity contribution < 1.29 is 9.60 Å². The fourth-order valence-corrected chi connectivity index (χ4v) is 2.63. The minimum absolute atomic E-state index is 0.218. The molecule has 1 aliphatic rings. The molecular formula is C15H18FN3O. The van der Waals surface area contributed by atoms with E-state index in [0.717, 1.165) is 25.2 Å². The molecule has 106 valence electrons. The smallest absolute Gasteiger partial charge is 0.127 e. The number of nitriles is 1. The molecule has 5 heteroatoms. The topological polar surface area (TPSA) is 59.6 Å². The van der Waals surface area contributed by atoms with Crippen LogP contribution in [-0.4, -0.2) is 28.9 Å². The van der Waals surface area contributed by atoms with E-state index in [-0.39, 0.29) is 11.7 Å². The van der Waals surface area contributed by atoms with Crippen molar-refractivity contribution >= 4 is 5.71 Å². The van der Waals surface area contributed by atoms with Crippen LogP contribution in [0.25, 0.3) is 0 Å². The third kappa shape index (κ3) is 3.14. The van der Waals surface area contributed by atoms with Gasteiger partial charge < -0.3 is 5.21 Å². The zero-order chi connectivity index (χ0) is 14.5. The maximum atomic E-state index is 13.8. The van der Waals surface area contributed by atoms with Gasteiger partial charge in [-0.25, -0.2) is 4.39 Å². The van der Waals surface area contributed by atoms with Gasteiger partial charge in [0.05, 0.1) is 17.3 Å². The van der Waals surface area contributed by atoms with E-state index in [4.69, 9.17) is 10.5 Å². The molecule has 0 aliphatic carbocycles. The second kappa shape index (κ2) is 6.49. The molecule has 1 aromatic rings. The van der Waals surface area contributed by atoms with Crippen molar-refractivity contribution in [1.82, 2.24) is 4.90 Å². The van der Waals surface area contributed by atoms with Gasteiger partial charge in [0.15, 0.2) is 0 Å². The van der Waals surface area contributed by atoms with Crippen LogP contribution >= 0.6 is 0 Å². The molecule has 20 heavy (non-hydrogen) atoms. The van der Waals surface area contributed by atoms with Crippen LogP contribution in [0.15, 0.2) is 23.4 Å². The van der Waals surface area contributed by atoms with Gasteiger partial charge in [-0.15, -0.1) is 0 Å². The number of piperidine rings is 1. The minimum atomic E-state index is -0.279. The summed E-state index contributed by atoms with van der Waals surface area (Å²) in [5, 5.41) is 21.2. The quantitative estimate of drug-likeness (QED) is 0.681. The van der Waals surface area contributed by atoms with E-state index in [9.17, 15) is 4.39 Å². The monoisotopic (exact) mass is 275 g/mol. The van der Waals surface area contributed by atoms with Crippen molar-refractivity contribution in [3.63, 3.8) is 0 Å². The number of halogens is 1. The number of likely N-dealkylation sites (tertiary alicyclic amines) is 1. The van der Waals surface area contributed by atoms with Crippen LogP contribution in [-0.2, 0) is 6.54 Å². The first-order valence-electron chi connectivity index (χ1n) is 6.79. The molecule has 1 aromatic carbocycles. The summed E-state index contributed by atoms with van der Waals surface area (Å²) in [5.41, 5.74) is 1.85. The third-order valence-electron chi connectivity index (χ3n) is 3.82. The maximum absolute atomic E-state index is 13.8. The second-order valence-electron chi connectivity index (χ2n) is 5.10. The Labute approximate surface area is 118 Å². The molecule has 0 bridgehead atoms. The van der Waals surface area contributed by atoms with E-state index in [1.54, 1.807) is 6.07 Å². The molecule has 0 aromatic heterocycles. The van der Waals surface area contributed by atoms with E-state index < -0.39 is 0 Å². The molecule has 1 saturated heterocycles. The third-order valence-corrected chi connectivity index (χ3v) is 3.82. The van der Waals surface area contributed by atoms with Gasteiger partial charge in [0.25, 0.3) is 0 Å². The fourth-order valence-electron chi connectivity index (χ4n) is 2.63. The molecule has 1 heterocycles. The highest BCUT2D eigenvalue weighted by Crippen LogP contribution is 2.20. The van der Waals surface area contributed by atoms with E-state index in [1.807, 2.05) is 6.07 Å². The van der Waals surface area contributed by atoms with Crippen molar-refractivity contribution in [2.24, 2.45) is 11.1 Å². The lowest BCUT2D eigenvalue weighted by molar-refractivity contribution is 0.218. The van der Waals surface area contributed by atoms with Crippen molar-refractivity contribution in [1.29, 1.82) is 5.26 Å². The molecule has 4 nitrogen and oxygen atoms in total. The molecule has 2 rings (SSSR count). The highest BCUT2D eigenvalue weighted by molar-refractivity contribution is 5.87. The molecule has 1 aliphatic heterocycles. The van der Waals surface area contributed by atoms with Gasteiger partial charge in [0.2, 0.25) is 0 Å². The number of oxime groups is 1. The molecule has 1 fully saturated rings. The number of nitrogens with zero attached hydrogens (tertiary/aromatic N) is 3. The van der Waals surface area contributed by atoms with Crippen LogP contribution in [0.4, 0.5) is 4.39 Å². The second-order valence-corrected chi connectivity index (χ2v) is 5.10. The average molecular weight is 275 g/mol. The molecule has 0 amide bonds. The van der Waals surface area contributed by atoms with Gasteiger partial charge in [-0.1, -0.05) is 12.1 Å². The van der Waals surface area contributed by atoms with Crippen LogP contribution in [0.3, 0.4) is 0 Å². The van der Waals surface area contributed by atoms with Crippen LogP contribution < -0.4 is 0 Å². The zero-order valence-corrected chi connectivity index (χ0v) is 11.5. The van der Waals surface area contributed by atoms with Gasteiger partial charge in [-0.3, -0.25) is 4.90 Å². The van der Waals surface area contributed by atoms with Crippen molar-refractivity contribution in [2.45, 2.75) is 26.3 Å². The normalized spacial score (nSPS) is 21.9. The summed E-state index contributed by atoms with van der Waals surface area (Å²) in [5.74, 6) is -0.0605. The molecule has 0 spiro atoms. The predicted octanol–water partition coefficient (Wildman–Crippen LogP) is 2.76. The molecule has 0 saturated carbocycles. The molecule has 0 radical (unpaired) electrons. The molecule has 1 unspecified atom stereocenters. The van der Waals surface area contributed by atoms with Gasteiger partial charge >= 0.3 is 0 Å². The summed E-state index contributed by atoms with van der Waals surface area (Å²) >= 11 is 0. The Hall–Kier alpha value is -1.93. The molecule has 1 N–H and O–H groups in total. The fraction of sp³-hybridized carbons (Fsp3) is 0.467. The Kier molecular flexibility index (Phi) is 4.70. The van der Waals surface area contributed by atoms with Crippen LogP contribution in [0.1, 0.15) is 30.9 Å². The summed E-state index contributed by atoms with van der Waals surface area (Å²) in [6.07, 6.45) is 1.60. The summed E-state index contributed by atoms with van der Waals surface area (Å²) in [7, 11) is 0. The average Bonchev–Trinajstić information content (AvgIpc) is 2.49. The Morgan fingerprint density at radius 3 is 3.00 bits per heavy atom. The van der Waals surface area contributed by atoms with E-state index in [1.165, 1.54) is 12.1 Å². The molecule has 1 atom stereocenters. The lowest BCUT2D eigenvalue weighted by atomic mass is 9.93. The SMILES string of the molecule is CCC1CN(Cc2cc(C#N)ccc2F)CC/C1=N\O. The Bertz CT molecular complexity index is 551. The van der Waals surface area contributed by atoms with Crippen LogP contribution in [0, 0.1) is 23.1 Å². The molecular weight excluding hydrogens is 257 g/mol. The number of hydrogen-bond acceptors (Lipinski definition) is 4. The van der Waals surface area contributed by atoms with E-state index in [0.29, 0.717) is 24.1 Å². The minimum Gasteiger partial charge on any atom is -0.411 e. The van der Waals surface area contributed by atoms with Gasteiger partial charge in [-0.05, 0) is 24.6 Å². The Morgan fingerprint density at radius 2 is 2.35 bits per heavy atom. The largest absolute Gasteiger partial charge is 0.411 e. The maximum Gasteiger partial charge on any atom is 0.127 e. The zero-order valence-electron chi connectivity index (χ0n) is 11.5. The highest BCUT2D eigenvalue weighted by atomic mass is 19.1. The number of hydrogen-bond donors (Lipinski definition) is 1. The van der Waals surface area contributed by atoms with E-state index >= 15 is 0 Å². The van der Waals surface area contributed by atoms with Crippen molar-refractivity contribution in [2.75, 3.05) is 13.1 Å². The predicted molar refractivity (Wildman–Crippen MR) is 74.0 cm³/mol. The van der Waals surface area contributed by atoms with Crippen LogP contribution in [0.2, 0.25) is 0 Å². The summed E-state index contributed by atoms with van der Waals surface area (Å²) in [6.45, 7) is 4.03. The van der Waals surface area contributed by atoms with Crippen molar-refractivity contribution in [3.05, 3.63) is 35.1 Å². The Morgan fingerprint density at radius 1 is 1.55 bits per heavy atom. The first-order chi connectivity index (χ1) is 9.67. The summed E-state index contributed by atoms with van der Waals surface area (Å²) in [4.78, 5) is 2.14. The van der Waals surface area contributed by atoms with Crippen LogP contribution in [0.5, 0.6) is 0 Å². The highest BCUT2D eigenvalue weighted by Gasteiger charge is 2.25. The van der Waals surface area contributed by atoms with E-state index in [2.05, 4.69) is 17.0 Å². The van der Waals surface area contributed by atoms with Gasteiger partial charge in [0.1, 0.15) is 5.82 Å². The van der Waals surface area contributed by atoms with Crippen molar-refractivity contribution in [3.8, 4) is 6.07 Å². The number of benzene rings is 1. The van der Waals surface area contributed by atoms with Gasteiger partial charge in [0, 0.05) is 37.5 Å². The number of rotatable bonds is 3. The first kappa shape index (κ1) is 14.5. The first-order valence-corrected chi connectivity index (χ1v) is 6.79. The standard InChI is InChI=1S/C15H18FN3O/c1-2-12-9-19(6-5-15(12)18-20)10-13-7-11(8-17)3-4-14(13)16/h3-4,7,12,20H,2,5-6,9-10H2,1H3/b18-15+. The summed E-state index contributed by atoms with van der Waals surface area (Å²) in [6, 6.07) is 6.46.